The Balaban J connectivity index is 2.82. The van der Waals surface area contributed by atoms with Gasteiger partial charge in [0.1, 0.15) is 5.82 Å². The van der Waals surface area contributed by atoms with Crippen LogP contribution in [0.3, 0.4) is 0 Å². The van der Waals surface area contributed by atoms with E-state index in [0.717, 1.165) is 24.3 Å². The van der Waals surface area contributed by atoms with Crippen LogP contribution in [0.5, 0.6) is 0 Å². The van der Waals surface area contributed by atoms with Crippen LogP contribution in [-0.2, 0) is 19.4 Å². The van der Waals surface area contributed by atoms with E-state index in [4.69, 9.17) is 4.74 Å². The molecule has 6 heteroatoms. The fourth-order valence-corrected chi connectivity index (χ4v) is 2.27. The van der Waals surface area contributed by atoms with E-state index < -0.39 is 27.4 Å². The average Bonchev–Trinajstić information content (AvgIpc) is 2.15. The van der Waals surface area contributed by atoms with Gasteiger partial charge in [-0.3, -0.25) is 4.79 Å². The van der Waals surface area contributed by atoms with E-state index >= 15 is 0 Å². The molecular formula is C11H13FO4S. The van der Waals surface area contributed by atoms with Crippen LogP contribution in [0.2, 0.25) is 0 Å². The Morgan fingerprint density at radius 3 is 2.29 bits per heavy atom. The third kappa shape index (κ3) is 4.14. The van der Waals surface area contributed by atoms with Crippen LogP contribution >= 0.6 is 0 Å². The number of rotatable bonds is 4. The summed E-state index contributed by atoms with van der Waals surface area (Å²) in [7, 11) is -3.76. The fraction of sp³-hybridized carbons (Fsp3) is 0.364. The predicted octanol–water partition coefficient (Wildman–Crippen LogP) is 1.55. The second-order valence-electron chi connectivity index (χ2n) is 3.75. The zero-order valence-electron chi connectivity index (χ0n) is 9.51. The monoisotopic (exact) mass is 260 g/mol. The fourth-order valence-electron chi connectivity index (χ4n) is 1.18. The number of benzene rings is 1. The molecule has 0 spiro atoms. The summed E-state index contributed by atoms with van der Waals surface area (Å²) in [5.74, 6) is -2.09. The van der Waals surface area contributed by atoms with Crippen molar-refractivity contribution in [1.82, 2.24) is 0 Å². The van der Waals surface area contributed by atoms with Gasteiger partial charge < -0.3 is 4.74 Å². The molecule has 0 heterocycles. The van der Waals surface area contributed by atoms with Gasteiger partial charge in [0.15, 0.2) is 15.6 Å². The maximum atomic E-state index is 12.6. The minimum Gasteiger partial charge on any atom is -0.462 e. The van der Waals surface area contributed by atoms with Crippen molar-refractivity contribution in [2.45, 2.75) is 24.8 Å². The molecule has 0 saturated carbocycles. The lowest BCUT2D eigenvalue weighted by Gasteiger charge is -2.08. The molecule has 0 radical (unpaired) electrons. The van der Waals surface area contributed by atoms with Gasteiger partial charge in [-0.25, -0.2) is 12.8 Å². The first-order valence-corrected chi connectivity index (χ1v) is 6.64. The number of ether oxygens (including phenoxy) is 1. The van der Waals surface area contributed by atoms with E-state index in [9.17, 15) is 17.6 Å². The number of sulfone groups is 1. The lowest BCUT2D eigenvalue weighted by molar-refractivity contribution is -0.144. The molecule has 1 aromatic rings. The molecule has 0 atom stereocenters. The van der Waals surface area contributed by atoms with Crippen LogP contribution < -0.4 is 0 Å². The van der Waals surface area contributed by atoms with Gasteiger partial charge in [0.05, 0.1) is 11.0 Å². The summed E-state index contributed by atoms with van der Waals surface area (Å²) >= 11 is 0. The molecule has 1 aromatic carbocycles. The maximum absolute atomic E-state index is 12.6. The molecule has 0 aliphatic rings. The van der Waals surface area contributed by atoms with Gasteiger partial charge in [-0.1, -0.05) is 0 Å². The Bertz CT molecular complexity index is 491. The molecule has 0 amide bonds. The lowest BCUT2D eigenvalue weighted by Crippen LogP contribution is -2.21. The highest BCUT2D eigenvalue weighted by Crippen LogP contribution is 2.12. The van der Waals surface area contributed by atoms with Crippen LogP contribution in [0.15, 0.2) is 29.2 Å². The molecule has 0 bridgehead atoms. The average molecular weight is 260 g/mol. The second kappa shape index (κ2) is 5.27. The zero-order valence-corrected chi connectivity index (χ0v) is 10.3. The third-order valence-electron chi connectivity index (χ3n) is 1.85. The first-order chi connectivity index (χ1) is 7.81. The van der Waals surface area contributed by atoms with Crippen molar-refractivity contribution in [3.05, 3.63) is 30.1 Å². The number of carbonyl (C=O) groups excluding carboxylic acids is 1. The summed E-state index contributed by atoms with van der Waals surface area (Å²) < 4.78 is 40.8. The highest BCUT2D eigenvalue weighted by atomic mass is 32.2. The zero-order chi connectivity index (χ0) is 13.1. The quantitative estimate of drug-likeness (QED) is 0.608. The first kappa shape index (κ1) is 13.6. The molecule has 0 aliphatic carbocycles. The summed E-state index contributed by atoms with van der Waals surface area (Å²) in [5, 5.41) is 0. The van der Waals surface area contributed by atoms with Crippen LogP contribution in [0.25, 0.3) is 0 Å². The van der Waals surface area contributed by atoms with Crippen LogP contribution in [-0.4, -0.2) is 26.2 Å². The number of carbonyl (C=O) groups is 1. The van der Waals surface area contributed by atoms with Crippen molar-refractivity contribution >= 4 is 15.8 Å². The lowest BCUT2D eigenvalue weighted by atomic mass is 10.4. The highest BCUT2D eigenvalue weighted by molar-refractivity contribution is 7.92. The van der Waals surface area contributed by atoms with E-state index in [1.165, 1.54) is 0 Å². The minimum atomic E-state index is -3.76. The Morgan fingerprint density at radius 2 is 1.82 bits per heavy atom. The number of esters is 1. The topological polar surface area (TPSA) is 60.4 Å². The van der Waals surface area contributed by atoms with E-state index in [-0.39, 0.29) is 11.0 Å². The smallest absolute Gasteiger partial charge is 0.321 e. The van der Waals surface area contributed by atoms with Crippen molar-refractivity contribution in [1.29, 1.82) is 0 Å². The third-order valence-corrected chi connectivity index (χ3v) is 3.45. The molecular weight excluding hydrogens is 247 g/mol. The molecule has 0 saturated heterocycles. The Kier molecular flexibility index (Phi) is 4.22. The Morgan fingerprint density at radius 1 is 1.29 bits per heavy atom. The van der Waals surface area contributed by atoms with Crippen molar-refractivity contribution in [3.8, 4) is 0 Å². The summed E-state index contributed by atoms with van der Waals surface area (Å²) in [4.78, 5) is 11.1. The summed E-state index contributed by atoms with van der Waals surface area (Å²) in [6, 6.07) is 4.29. The number of hydrogen-bond acceptors (Lipinski definition) is 4. The van der Waals surface area contributed by atoms with Gasteiger partial charge in [0.2, 0.25) is 0 Å². The van der Waals surface area contributed by atoms with Gasteiger partial charge in [0, 0.05) is 0 Å². The summed E-state index contributed by atoms with van der Waals surface area (Å²) in [5.41, 5.74) is 0. The molecule has 0 aromatic heterocycles. The highest BCUT2D eigenvalue weighted by Gasteiger charge is 2.20. The van der Waals surface area contributed by atoms with Crippen molar-refractivity contribution in [3.63, 3.8) is 0 Å². The van der Waals surface area contributed by atoms with Gasteiger partial charge in [0.25, 0.3) is 0 Å². The van der Waals surface area contributed by atoms with Gasteiger partial charge >= 0.3 is 5.97 Å². The molecule has 0 unspecified atom stereocenters. The van der Waals surface area contributed by atoms with Crippen molar-refractivity contribution < 1.29 is 22.3 Å². The van der Waals surface area contributed by atoms with Crippen LogP contribution in [0, 0.1) is 5.82 Å². The Hall–Kier alpha value is -1.43. The summed E-state index contributed by atoms with van der Waals surface area (Å²) in [6.07, 6.45) is -0.370. The van der Waals surface area contributed by atoms with Crippen molar-refractivity contribution in [2.75, 3.05) is 5.75 Å². The molecule has 0 N–H and O–H groups in total. The van der Waals surface area contributed by atoms with Crippen LogP contribution in [0.1, 0.15) is 13.8 Å². The normalized spacial score (nSPS) is 11.5. The van der Waals surface area contributed by atoms with Gasteiger partial charge in [-0.05, 0) is 38.1 Å². The molecule has 94 valence electrons. The standard InChI is InChI=1S/C11H13FO4S/c1-8(2)16-11(13)7-17(14,15)10-5-3-9(12)4-6-10/h3-6,8H,7H2,1-2H3. The molecule has 0 fully saturated rings. The van der Waals surface area contributed by atoms with E-state index in [1.807, 2.05) is 0 Å². The minimum absolute atomic E-state index is 0.0976. The van der Waals surface area contributed by atoms with Crippen molar-refractivity contribution in [2.24, 2.45) is 0 Å². The van der Waals surface area contributed by atoms with Gasteiger partial charge in [-0.2, -0.15) is 0 Å². The van der Waals surface area contributed by atoms with Gasteiger partial charge in [-0.15, -0.1) is 0 Å². The second-order valence-corrected chi connectivity index (χ2v) is 5.74. The van der Waals surface area contributed by atoms with Crippen LogP contribution in [0.4, 0.5) is 4.39 Å². The first-order valence-electron chi connectivity index (χ1n) is 4.99. The molecule has 1 rings (SSSR count). The molecule has 4 nitrogen and oxygen atoms in total. The maximum Gasteiger partial charge on any atom is 0.321 e. The largest absolute Gasteiger partial charge is 0.462 e. The summed E-state index contributed by atoms with van der Waals surface area (Å²) in [6.45, 7) is 3.25. The van der Waals surface area contributed by atoms with E-state index in [1.54, 1.807) is 13.8 Å². The number of halogens is 1. The SMILES string of the molecule is CC(C)OC(=O)CS(=O)(=O)c1ccc(F)cc1. The predicted molar refractivity (Wildman–Crippen MR) is 59.7 cm³/mol. The molecule has 0 aliphatic heterocycles. The number of hydrogen-bond donors (Lipinski definition) is 0. The molecule has 17 heavy (non-hydrogen) atoms. The Labute approximate surface area is 99.3 Å². The van der Waals surface area contributed by atoms with E-state index in [2.05, 4.69) is 0 Å². The van der Waals surface area contributed by atoms with E-state index in [0.29, 0.717) is 0 Å².